The number of fused-ring (bicyclic) bond motifs is 1. The summed E-state index contributed by atoms with van der Waals surface area (Å²) in [6.45, 7) is 2.93. The number of nitrogens with zero attached hydrogens (tertiary/aromatic N) is 1. The number of anilines is 1. The number of nitro groups is 1. The average Bonchev–Trinajstić information content (AvgIpc) is 3.32. The van der Waals surface area contributed by atoms with Crippen molar-refractivity contribution in [2.24, 2.45) is 0 Å². The molecule has 0 bridgehead atoms. The van der Waals surface area contributed by atoms with Crippen LogP contribution in [0.4, 0.5) is 10.5 Å². The molecule has 0 spiro atoms. The van der Waals surface area contributed by atoms with Crippen molar-refractivity contribution in [3.63, 3.8) is 0 Å². The molecule has 0 radical (unpaired) electrons. The number of H-pyrrole nitrogens is 1. The highest BCUT2D eigenvalue weighted by Gasteiger charge is 2.24. The third kappa shape index (κ3) is 6.89. The number of hydrogen-bond acceptors (Lipinski definition) is 6. The molecule has 38 heavy (non-hydrogen) atoms. The van der Waals surface area contributed by atoms with Gasteiger partial charge in [-0.25, -0.2) is 4.79 Å². The Balaban J connectivity index is 1.42. The SMILES string of the molecule is COCCOc1ccc2c(CC(Cc3cccc(NC(=O)OCc4ccccc4)c3C)[N+](=O)[O-])c[nH]c2c1. The maximum Gasteiger partial charge on any atom is 0.411 e. The van der Waals surface area contributed by atoms with E-state index in [2.05, 4.69) is 10.3 Å². The molecule has 3 aromatic carbocycles. The second-order valence-corrected chi connectivity index (χ2v) is 8.99. The molecule has 4 aromatic rings. The van der Waals surface area contributed by atoms with Crippen molar-refractivity contribution in [3.8, 4) is 5.75 Å². The summed E-state index contributed by atoms with van der Waals surface area (Å²) >= 11 is 0. The molecule has 1 heterocycles. The first-order valence-corrected chi connectivity index (χ1v) is 12.4. The number of carbonyl (C=O) groups excluding carboxylic acids is 1. The number of methoxy groups -OCH3 is 1. The molecular formula is C29H31N3O6. The molecule has 0 fully saturated rings. The average molecular weight is 518 g/mol. The highest BCUT2D eigenvalue weighted by atomic mass is 16.6. The van der Waals surface area contributed by atoms with Crippen LogP contribution in [-0.4, -0.2) is 42.4 Å². The number of ether oxygens (including phenoxy) is 3. The van der Waals surface area contributed by atoms with Crippen LogP contribution >= 0.6 is 0 Å². The van der Waals surface area contributed by atoms with Gasteiger partial charge in [-0.2, -0.15) is 0 Å². The normalized spacial score (nSPS) is 11.7. The second-order valence-electron chi connectivity index (χ2n) is 8.99. The van der Waals surface area contributed by atoms with E-state index in [0.29, 0.717) is 24.7 Å². The van der Waals surface area contributed by atoms with E-state index in [-0.39, 0.29) is 24.4 Å². The van der Waals surface area contributed by atoms with E-state index in [1.807, 2.05) is 67.7 Å². The summed E-state index contributed by atoms with van der Waals surface area (Å²) in [6.07, 6.45) is 1.71. The Morgan fingerprint density at radius 3 is 2.58 bits per heavy atom. The molecule has 0 aliphatic heterocycles. The van der Waals surface area contributed by atoms with Gasteiger partial charge in [0.15, 0.2) is 0 Å². The molecule has 0 saturated heterocycles. The number of aromatic nitrogens is 1. The fourth-order valence-corrected chi connectivity index (χ4v) is 4.31. The molecule has 1 aromatic heterocycles. The summed E-state index contributed by atoms with van der Waals surface area (Å²) in [5, 5.41) is 15.7. The largest absolute Gasteiger partial charge is 0.491 e. The molecule has 1 amide bonds. The lowest BCUT2D eigenvalue weighted by Gasteiger charge is -2.15. The molecule has 4 rings (SSSR count). The van der Waals surface area contributed by atoms with Crippen LogP contribution in [0, 0.1) is 17.0 Å². The van der Waals surface area contributed by atoms with Crippen molar-refractivity contribution in [2.75, 3.05) is 25.6 Å². The molecule has 9 nitrogen and oxygen atoms in total. The summed E-state index contributed by atoms with van der Waals surface area (Å²) in [5.41, 5.74) is 4.73. The van der Waals surface area contributed by atoms with Crippen LogP contribution in [0.25, 0.3) is 10.9 Å². The minimum Gasteiger partial charge on any atom is -0.491 e. The summed E-state index contributed by atoms with van der Waals surface area (Å²) in [6, 6.07) is 19.6. The van der Waals surface area contributed by atoms with E-state index >= 15 is 0 Å². The van der Waals surface area contributed by atoms with Crippen LogP contribution in [0.15, 0.2) is 72.9 Å². The zero-order valence-corrected chi connectivity index (χ0v) is 21.4. The Labute approximate surface area is 220 Å². The van der Waals surface area contributed by atoms with E-state index in [0.717, 1.165) is 33.2 Å². The molecule has 1 atom stereocenters. The molecule has 9 heteroatoms. The quantitative estimate of drug-likeness (QED) is 0.142. The minimum atomic E-state index is -0.842. The first-order chi connectivity index (χ1) is 18.4. The Kier molecular flexibility index (Phi) is 8.94. The lowest BCUT2D eigenvalue weighted by molar-refractivity contribution is -0.521. The van der Waals surface area contributed by atoms with E-state index in [1.54, 1.807) is 19.2 Å². The van der Waals surface area contributed by atoms with E-state index in [1.165, 1.54) is 0 Å². The number of hydrogen-bond donors (Lipinski definition) is 2. The van der Waals surface area contributed by atoms with Gasteiger partial charge in [0, 0.05) is 53.7 Å². The third-order valence-corrected chi connectivity index (χ3v) is 6.40. The lowest BCUT2D eigenvalue weighted by atomic mass is 9.95. The van der Waals surface area contributed by atoms with Crippen molar-refractivity contribution in [2.45, 2.75) is 32.4 Å². The predicted molar refractivity (Wildman–Crippen MR) is 145 cm³/mol. The van der Waals surface area contributed by atoms with Crippen molar-refractivity contribution >= 4 is 22.7 Å². The Bertz CT molecular complexity index is 1390. The maximum atomic E-state index is 12.4. The number of rotatable bonds is 12. The van der Waals surface area contributed by atoms with Crippen molar-refractivity contribution in [1.82, 2.24) is 4.98 Å². The smallest absolute Gasteiger partial charge is 0.411 e. The fraction of sp³-hybridized carbons (Fsp3) is 0.276. The zero-order chi connectivity index (χ0) is 26.9. The van der Waals surface area contributed by atoms with Gasteiger partial charge in [0.1, 0.15) is 19.0 Å². The van der Waals surface area contributed by atoms with Crippen LogP contribution in [-0.2, 0) is 28.9 Å². The molecular weight excluding hydrogens is 486 g/mol. The molecule has 2 N–H and O–H groups in total. The lowest BCUT2D eigenvalue weighted by Crippen LogP contribution is -2.25. The number of benzene rings is 3. The molecule has 0 aliphatic carbocycles. The summed E-state index contributed by atoms with van der Waals surface area (Å²) in [5.74, 6) is 0.705. The Morgan fingerprint density at radius 2 is 1.82 bits per heavy atom. The first-order valence-electron chi connectivity index (χ1n) is 12.4. The van der Waals surface area contributed by atoms with Gasteiger partial charge in [-0.3, -0.25) is 15.4 Å². The number of aromatic amines is 1. The molecule has 0 saturated carbocycles. The number of amides is 1. The van der Waals surface area contributed by atoms with E-state index < -0.39 is 12.1 Å². The van der Waals surface area contributed by atoms with E-state index in [4.69, 9.17) is 14.2 Å². The van der Waals surface area contributed by atoms with Crippen LogP contribution < -0.4 is 10.1 Å². The highest BCUT2D eigenvalue weighted by molar-refractivity contribution is 5.86. The monoisotopic (exact) mass is 517 g/mol. The predicted octanol–water partition coefficient (Wildman–Crippen LogP) is 5.68. The second kappa shape index (κ2) is 12.7. The van der Waals surface area contributed by atoms with Gasteiger partial charge in [0.25, 0.3) is 0 Å². The zero-order valence-electron chi connectivity index (χ0n) is 21.4. The van der Waals surface area contributed by atoms with Gasteiger partial charge < -0.3 is 19.2 Å². The van der Waals surface area contributed by atoms with Crippen LogP contribution in [0.2, 0.25) is 0 Å². The first kappa shape index (κ1) is 26.7. The van der Waals surface area contributed by atoms with Crippen molar-refractivity contribution < 1.29 is 23.9 Å². The molecule has 0 aliphatic rings. The van der Waals surface area contributed by atoms with Crippen LogP contribution in [0.3, 0.4) is 0 Å². The topological polar surface area (TPSA) is 116 Å². The van der Waals surface area contributed by atoms with Gasteiger partial charge in [-0.05, 0) is 47.4 Å². The fourth-order valence-electron chi connectivity index (χ4n) is 4.31. The minimum absolute atomic E-state index is 0.153. The Hall–Kier alpha value is -4.37. The maximum absolute atomic E-state index is 12.4. The number of nitrogens with one attached hydrogen (secondary N) is 2. The van der Waals surface area contributed by atoms with Gasteiger partial charge in [0.2, 0.25) is 6.04 Å². The van der Waals surface area contributed by atoms with Gasteiger partial charge in [-0.1, -0.05) is 42.5 Å². The highest BCUT2D eigenvalue weighted by Crippen LogP contribution is 2.27. The van der Waals surface area contributed by atoms with E-state index in [9.17, 15) is 14.9 Å². The van der Waals surface area contributed by atoms with Gasteiger partial charge in [0.05, 0.1) is 6.61 Å². The molecule has 1 unspecified atom stereocenters. The van der Waals surface area contributed by atoms with Gasteiger partial charge >= 0.3 is 6.09 Å². The van der Waals surface area contributed by atoms with Crippen LogP contribution in [0.1, 0.15) is 22.3 Å². The number of carbonyl (C=O) groups is 1. The standard InChI is InChI=1S/C29H31N3O6/c1-20-22(9-6-10-27(20)31-29(33)38-19-21-7-4-3-5-8-21)15-24(32(34)35)16-23-18-30-28-17-25(11-12-26(23)28)37-14-13-36-2/h3-12,17-18,24,30H,13-16,19H2,1-2H3,(H,31,33). The summed E-state index contributed by atoms with van der Waals surface area (Å²) in [7, 11) is 1.62. The van der Waals surface area contributed by atoms with Crippen LogP contribution in [0.5, 0.6) is 5.75 Å². The van der Waals surface area contributed by atoms with Crippen molar-refractivity contribution in [3.05, 3.63) is 105 Å². The summed E-state index contributed by atoms with van der Waals surface area (Å²) < 4.78 is 16.0. The molecule has 198 valence electrons. The Morgan fingerprint density at radius 1 is 1.03 bits per heavy atom. The third-order valence-electron chi connectivity index (χ3n) is 6.40. The van der Waals surface area contributed by atoms with Crippen molar-refractivity contribution in [1.29, 1.82) is 0 Å². The summed E-state index contributed by atoms with van der Waals surface area (Å²) in [4.78, 5) is 27.3. The van der Waals surface area contributed by atoms with Gasteiger partial charge in [-0.15, -0.1) is 0 Å².